The third-order valence-electron chi connectivity index (χ3n) is 4.65. The maximum absolute atomic E-state index is 12.9. The van der Waals surface area contributed by atoms with Crippen molar-refractivity contribution < 1.29 is 22.7 Å². The molecule has 0 spiro atoms. The Labute approximate surface area is 185 Å². The Bertz CT molecular complexity index is 884. The second kappa shape index (κ2) is 8.49. The van der Waals surface area contributed by atoms with Crippen molar-refractivity contribution in [1.82, 2.24) is 4.90 Å². The Kier molecular flexibility index (Phi) is 6.57. The van der Waals surface area contributed by atoms with Crippen molar-refractivity contribution >= 4 is 55.8 Å². The van der Waals surface area contributed by atoms with Crippen LogP contribution in [0, 0.1) is 2.88 Å². The molecule has 2 aromatic rings. The minimum atomic E-state index is -4.23. The highest BCUT2D eigenvalue weighted by Gasteiger charge is 2.31. The summed E-state index contributed by atoms with van der Waals surface area (Å²) in [6.45, 7) is 6.70. The van der Waals surface area contributed by atoms with Gasteiger partial charge in [-0.3, -0.25) is 0 Å². The first-order valence-electron chi connectivity index (χ1n) is 9.44. The van der Waals surface area contributed by atoms with Gasteiger partial charge >= 0.3 is 12.3 Å². The number of alkyl halides is 3. The Morgan fingerprint density at radius 1 is 1.28 bits per heavy atom. The van der Waals surface area contributed by atoms with Gasteiger partial charge in [-0.25, -0.2) is 4.79 Å². The zero-order chi connectivity index (χ0) is 21.4. The summed E-state index contributed by atoms with van der Waals surface area (Å²) in [5.74, 6) is 0. The molecule has 160 valence electrons. The number of nitrogens with zero attached hydrogens (tertiary/aromatic N) is 1. The van der Waals surface area contributed by atoms with Gasteiger partial charge in [0.2, 0.25) is 0 Å². The second-order valence-corrected chi connectivity index (χ2v) is 11.0. The first-order valence-corrected chi connectivity index (χ1v) is 11.3. The second-order valence-electron chi connectivity index (χ2n) is 8.21. The summed E-state index contributed by atoms with van der Waals surface area (Å²) in [5.41, 5.74) is 0.683. The number of fused-ring (bicyclic) bond motifs is 1. The summed E-state index contributed by atoms with van der Waals surface area (Å²) in [6, 6.07) is 5.62. The van der Waals surface area contributed by atoms with Crippen LogP contribution in [0.25, 0.3) is 10.1 Å². The molecule has 0 bridgehead atoms. The Hall–Kier alpha value is -1.23. The first-order chi connectivity index (χ1) is 13.4. The number of thiophene rings is 1. The van der Waals surface area contributed by atoms with Crippen molar-refractivity contribution in [2.45, 2.75) is 57.9 Å². The maximum Gasteiger partial charge on any atom is 0.410 e. The molecule has 4 nitrogen and oxygen atoms in total. The van der Waals surface area contributed by atoms with E-state index in [4.69, 9.17) is 4.74 Å². The summed E-state index contributed by atoms with van der Waals surface area (Å²) in [6.07, 6.45) is -3.93. The molecule has 1 amide bonds. The lowest BCUT2D eigenvalue weighted by atomic mass is 10.0. The number of hydrogen-bond acceptors (Lipinski definition) is 4. The lowest BCUT2D eigenvalue weighted by Crippen LogP contribution is -2.44. The average molecular weight is 540 g/mol. The molecule has 0 atom stereocenters. The SMILES string of the molecule is CC(C)(C)OC(=O)N1CCC(Nc2cccc3c(CC(F)(F)F)c(I)sc23)CC1. The summed E-state index contributed by atoms with van der Waals surface area (Å²) in [7, 11) is 0. The van der Waals surface area contributed by atoms with Crippen LogP contribution in [-0.4, -0.2) is 41.9 Å². The summed E-state index contributed by atoms with van der Waals surface area (Å²) in [5, 5.41) is 4.14. The summed E-state index contributed by atoms with van der Waals surface area (Å²) in [4.78, 5) is 13.9. The molecule has 0 aliphatic carbocycles. The minimum absolute atomic E-state index is 0.158. The number of ether oxygens (including phenoxy) is 1. The fourth-order valence-corrected chi connectivity index (χ4v) is 5.54. The predicted molar refractivity (Wildman–Crippen MR) is 119 cm³/mol. The fraction of sp³-hybridized carbons (Fsp3) is 0.550. The molecular weight excluding hydrogens is 516 g/mol. The van der Waals surface area contributed by atoms with Gasteiger partial charge in [0.25, 0.3) is 0 Å². The fourth-order valence-electron chi connectivity index (χ4n) is 3.37. The van der Waals surface area contributed by atoms with Crippen LogP contribution in [0.15, 0.2) is 18.2 Å². The quantitative estimate of drug-likeness (QED) is 0.457. The van der Waals surface area contributed by atoms with Crippen LogP contribution in [0.1, 0.15) is 39.2 Å². The number of piperidine rings is 1. The van der Waals surface area contributed by atoms with Crippen LogP contribution in [-0.2, 0) is 11.2 Å². The minimum Gasteiger partial charge on any atom is -0.444 e. The van der Waals surface area contributed by atoms with Gasteiger partial charge in [-0.05, 0) is 73.2 Å². The van der Waals surface area contributed by atoms with Gasteiger partial charge in [0.15, 0.2) is 0 Å². The van der Waals surface area contributed by atoms with E-state index in [9.17, 15) is 18.0 Å². The molecule has 9 heteroatoms. The number of halogens is 4. The van der Waals surface area contributed by atoms with Crippen molar-refractivity contribution in [2.24, 2.45) is 0 Å². The Morgan fingerprint density at radius 3 is 2.52 bits per heavy atom. The van der Waals surface area contributed by atoms with E-state index in [2.05, 4.69) is 5.32 Å². The first kappa shape index (κ1) is 22.5. The molecule has 2 heterocycles. The monoisotopic (exact) mass is 540 g/mol. The molecule has 0 radical (unpaired) electrons. The van der Waals surface area contributed by atoms with Gasteiger partial charge in [0.05, 0.1) is 19.7 Å². The summed E-state index contributed by atoms with van der Waals surface area (Å²) >= 11 is 3.38. The number of carbonyl (C=O) groups is 1. The van der Waals surface area contributed by atoms with Crippen molar-refractivity contribution in [1.29, 1.82) is 0 Å². The van der Waals surface area contributed by atoms with E-state index in [1.54, 1.807) is 17.0 Å². The largest absolute Gasteiger partial charge is 0.444 e. The number of hydrogen-bond donors (Lipinski definition) is 1. The normalized spacial score (nSPS) is 16.3. The van der Waals surface area contributed by atoms with Crippen molar-refractivity contribution in [2.75, 3.05) is 18.4 Å². The van der Waals surface area contributed by atoms with Gasteiger partial charge in [-0.2, -0.15) is 13.2 Å². The van der Waals surface area contributed by atoms with E-state index in [0.717, 1.165) is 23.2 Å². The number of anilines is 1. The van der Waals surface area contributed by atoms with Crippen molar-refractivity contribution in [3.05, 3.63) is 26.6 Å². The van der Waals surface area contributed by atoms with Crippen LogP contribution >= 0.6 is 33.9 Å². The average Bonchev–Trinajstić information content (AvgIpc) is 2.89. The maximum atomic E-state index is 12.9. The molecule has 1 fully saturated rings. The number of rotatable bonds is 3. The lowest BCUT2D eigenvalue weighted by Gasteiger charge is -2.34. The topological polar surface area (TPSA) is 41.6 Å². The van der Waals surface area contributed by atoms with Gasteiger partial charge in [-0.15, -0.1) is 11.3 Å². The highest BCUT2D eigenvalue weighted by Crippen LogP contribution is 2.40. The number of likely N-dealkylation sites (tertiary alicyclic amines) is 1. The van der Waals surface area contributed by atoms with Crippen LogP contribution in [0.2, 0.25) is 0 Å². The molecule has 0 unspecified atom stereocenters. The summed E-state index contributed by atoms with van der Waals surface area (Å²) < 4.78 is 45.8. The third kappa shape index (κ3) is 5.90. The van der Waals surface area contributed by atoms with Crippen molar-refractivity contribution in [3.8, 4) is 0 Å². The zero-order valence-electron chi connectivity index (χ0n) is 16.5. The highest BCUT2D eigenvalue weighted by molar-refractivity contribution is 14.1. The molecule has 1 aliphatic heterocycles. The third-order valence-corrected chi connectivity index (χ3v) is 7.03. The van der Waals surface area contributed by atoms with E-state index in [0.29, 0.717) is 26.9 Å². The number of nitrogens with one attached hydrogen (secondary N) is 1. The molecular formula is C20H24F3IN2O2S. The van der Waals surface area contributed by atoms with E-state index in [-0.39, 0.29) is 12.1 Å². The number of carbonyl (C=O) groups excluding carboxylic acids is 1. The van der Waals surface area contributed by atoms with Crippen LogP contribution < -0.4 is 5.32 Å². The molecule has 1 aromatic carbocycles. The molecule has 0 saturated carbocycles. The van der Waals surface area contributed by atoms with Gasteiger partial charge in [0, 0.05) is 19.1 Å². The number of amides is 1. The standard InChI is InChI=1S/C20H24F3IN2O2S/c1-19(2,3)28-18(27)26-9-7-12(8-10-26)25-15-6-4-5-13-14(11-20(21,22)23)17(24)29-16(13)15/h4-6,12,25H,7-11H2,1-3H3. The van der Waals surface area contributed by atoms with E-state index in [1.807, 2.05) is 49.4 Å². The molecule has 1 saturated heterocycles. The van der Waals surface area contributed by atoms with Gasteiger partial charge < -0.3 is 15.0 Å². The number of benzene rings is 1. The van der Waals surface area contributed by atoms with Crippen molar-refractivity contribution in [3.63, 3.8) is 0 Å². The van der Waals surface area contributed by atoms with Gasteiger partial charge in [0.1, 0.15) is 5.60 Å². The lowest BCUT2D eigenvalue weighted by molar-refractivity contribution is -0.127. The highest BCUT2D eigenvalue weighted by atomic mass is 127. The van der Waals surface area contributed by atoms with E-state index in [1.165, 1.54) is 11.3 Å². The van der Waals surface area contributed by atoms with Crippen LogP contribution in [0.3, 0.4) is 0 Å². The molecule has 3 rings (SSSR count). The molecule has 29 heavy (non-hydrogen) atoms. The van der Waals surface area contributed by atoms with Crippen LogP contribution in [0.4, 0.5) is 23.7 Å². The van der Waals surface area contributed by atoms with Crippen LogP contribution in [0.5, 0.6) is 0 Å². The molecule has 1 N–H and O–H groups in total. The zero-order valence-corrected chi connectivity index (χ0v) is 19.5. The predicted octanol–water partition coefficient (Wildman–Crippen LogP) is 6.42. The van der Waals surface area contributed by atoms with E-state index >= 15 is 0 Å². The van der Waals surface area contributed by atoms with E-state index < -0.39 is 18.2 Å². The van der Waals surface area contributed by atoms with Gasteiger partial charge in [-0.1, -0.05) is 12.1 Å². The Balaban J connectivity index is 1.69. The Morgan fingerprint density at radius 2 is 1.93 bits per heavy atom. The smallest absolute Gasteiger partial charge is 0.410 e. The molecule has 1 aliphatic rings. The molecule has 1 aromatic heterocycles.